The molecule has 0 saturated heterocycles. The SMILES string of the molecule is CC[C@H](Sc1ccc(Cl)cc1)C(=O)NCc1ccc(C)cc1. The van der Waals surface area contributed by atoms with Crippen LogP contribution < -0.4 is 5.32 Å². The number of aryl methyl sites for hydroxylation is 1. The van der Waals surface area contributed by atoms with Crippen LogP contribution in [-0.4, -0.2) is 11.2 Å². The Bertz CT molecular complexity index is 610. The Morgan fingerprint density at radius 3 is 2.36 bits per heavy atom. The van der Waals surface area contributed by atoms with Crippen molar-refractivity contribution in [1.29, 1.82) is 0 Å². The number of hydrogen-bond donors (Lipinski definition) is 1. The number of thioether (sulfide) groups is 1. The van der Waals surface area contributed by atoms with E-state index in [9.17, 15) is 4.79 Å². The lowest BCUT2D eigenvalue weighted by atomic mass is 10.1. The summed E-state index contributed by atoms with van der Waals surface area (Å²) in [4.78, 5) is 13.4. The molecule has 1 N–H and O–H groups in total. The number of amides is 1. The maximum atomic E-state index is 12.3. The fourth-order valence-corrected chi connectivity index (χ4v) is 3.11. The van der Waals surface area contributed by atoms with E-state index in [2.05, 4.69) is 24.4 Å². The van der Waals surface area contributed by atoms with Gasteiger partial charge < -0.3 is 5.32 Å². The highest BCUT2D eigenvalue weighted by molar-refractivity contribution is 8.00. The maximum Gasteiger partial charge on any atom is 0.233 e. The standard InChI is InChI=1S/C18H20ClNOS/c1-3-17(22-16-10-8-15(19)9-11-16)18(21)20-12-14-6-4-13(2)5-7-14/h4-11,17H,3,12H2,1-2H3,(H,20,21)/t17-/m0/s1. The minimum atomic E-state index is -0.0911. The minimum absolute atomic E-state index is 0.0722. The van der Waals surface area contributed by atoms with Gasteiger partial charge in [0, 0.05) is 16.5 Å². The monoisotopic (exact) mass is 333 g/mol. The average molecular weight is 334 g/mol. The van der Waals surface area contributed by atoms with Gasteiger partial charge in [0.05, 0.1) is 5.25 Å². The molecular formula is C18H20ClNOS. The molecule has 2 rings (SSSR count). The molecule has 0 aliphatic rings. The van der Waals surface area contributed by atoms with Crippen LogP contribution in [0.25, 0.3) is 0 Å². The van der Waals surface area contributed by atoms with Crippen LogP contribution in [0.4, 0.5) is 0 Å². The largest absolute Gasteiger partial charge is 0.351 e. The van der Waals surface area contributed by atoms with Crippen LogP contribution >= 0.6 is 23.4 Å². The molecular weight excluding hydrogens is 314 g/mol. The number of carbonyl (C=O) groups excluding carboxylic acids is 1. The quantitative estimate of drug-likeness (QED) is 0.767. The molecule has 1 atom stereocenters. The normalized spacial score (nSPS) is 12.0. The molecule has 0 saturated carbocycles. The number of hydrogen-bond acceptors (Lipinski definition) is 2. The molecule has 0 unspecified atom stereocenters. The van der Waals surface area contributed by atoms with Gasteiger partial charge in [-0.3, -0.25) is 4.79 Å². The van der Waals surface area contributed by atoms with Crippen molar-refractivity contribution >= 4 is 29.3 Å². The topological polar surface area (TPSA) is 29.1 Å². The maximum absolute atomic E-state index is 12.3. The van der Waals surface area contributed by atoms with E-state index in [1.165, 1.54) is 5.56 Å². The molecule has 2 aromatic rings. The van der Waals surface area contributed by atoms with Crippen molar-refractivity contribution in [2.45, 2.75) is 37.0 Å². The summed E-state index contributed by atoms with van der Waals surface area (Å²) >= 11 is 7.46. The van der Waals surface area contributed by atoms with Crippen molar-refractivity contribution in [2.24, 2.45) is 0 Å². The van der Waals surface area contributed by atoms with E-state index in [4.69, 9.17) is 11.6 Å². The summed E-state index contributed by atoms with van der Waals surface area (Å²) in [7, 11) is 0. The van der Waals surface area contributed by atoms with Gasteiger partial charge in [-0.25, -0.2) is 0 Å². The summed E-state index contributed by atoms with van der Waals surface area (Å²) in [6.45, 7) is 4.65. The lowest BCUT2D eigenvalue weighted by molar-refractivity contribution is -0.120. The van der Waals surface area contributed by atoms with E-state index in [1.807, 2.05) is 43.3 Å². The Hall–Kier alpha value is -1.45. The molecule has 0 aliphatic heterocycles. The van der Waals surface area contributed by atoms with Gasteiger partial charge >= 0.3 is 0 Å². The van der Waals surface area contributed by atoms with Gasteiger partial charge in [-0.15, -0.1) is 11.8 Å². The second-order valence-corrected chi connectivity index (χ2v) is 6.88. The van der Waals surface area contributed by atoms with Gasteiger partial charge in [-0.05, 0) is 43.2 Å². The van der Waals surface area contributed by atoms with E-state index in [0.717, 1.165) is 16.9 Å². The Labute approximate surface area is 141 Å². The lowest BCUT2D eigenvalue weighted by Crippen LogP contribution is -2.31. The molecule has 2 aromatic carbocycles. The molecule has 0 bridgehead atoms. The third-order valence-electron chi connectivity index (χ3n) is 3.34. The van der Waals surface area contributed by atoms with Crippen LogP contribution in [0, 0.1) is 6.92 Å². The van der Waals surface area contributed by atoms with Crippen molar-refractivity contribution in [1.82, 2.24) is 5.32 Å². The Balaban J connectivity index is 1.91. The first kappa shape index (κ1) is 16.9. The third-order valence-corrected chi connectivity index (χ3v) is 4.97. The van der Waals surface area contributed by atoms with E-state index >= 15 is 0 Å². The highest BCUT2D eigenvalue weighted by Crippen LogP contribution is 2.26. The minimum Gasteiger partial charge on any atom is -0.351 e. The Kier molecular flexibility index (Phi) is 6.34. The fraction of sp³-hybridized carbons (Fsp3) is 0.278. The lowest BCUT2D eigenvalue weighted by Gasteiger charge is -2.15. The molecule has 1 amide bonds. The van der Waals surface area contributed by atoms with Crippen molar-refractivity contribution in [3.63, 3.8) is 0 Å². The van der Waals surface area contributed by atoms with Crippen LogP contribution in [0.1, 0.15) is 24.5 Å². The first-order valence-electron chi connectivity index (χ1n) is 7.34. The molecule has 0 fully saturated rings. The van der Waals surface area contributed by atoms with Crippen molar-refractivity contribution < 1.29 is 4.79 Å². The number of halogens is 1. The summed E-state index contributed by atoms with van der Waals surface area (Å²) in [5, 5.41) is 3.63. The molecule has 2 nitrogen and oxygen atoms in total. The van der Waals surface area contributed by atoms with E-state index in [-0.39, 0.29) is 11.2 Å². The summed E-state index contributed by atoms with van der Waals surface area (Å²) in [5.74, 6) is 0.0722. The zero-order valence-electron chi connectivity index (χ0n) is 12.8. The first-order chi connectivity index (χ1) is 10.6. The fourth-order valence-electron chi connectivity index (χ4n) is 2.01. The number of nitrogens with one attached hydrogen (secondary N) is 1. The average Bonchev–Trinajstić information content (AvgIpc) is 2.53. The summed E-state index contributed by atoms with van der Waals surface area (Å²) in [6, 6.07) is 15.8. The van der Waals surface area contributed by atoms with Gasteiger partial charge in [0.1, 0.15) is 0 Å². The first-order valence-corrected chi connectivity index (χ1v) is 8.59. The zero-order valence-corrected chi connectivity index (χ0v) is 14.4. The van der Waals surface area contributed by atoms with Crippen LogP contribution in [-0.2, 0) is 11.3 Å². The predicted molar refractivity (Wildman–Crippen MR) is 94.4 cm³/mol. The van der Waals surface area contributed by atoms with Gasteiger partial charge in [0.25, 0.3) is 0 Å². The van der Waals surface area contributed by atoms with Crippen LogP contribution in [0.2, 0.25) is 5.02 Å². The summed E-state index contributed by atoms with van der Waals surface area (Å²) in [6.07, 6.45) is 0.785. The molecule has 0 aliphatic carbocycles. The van der Waals surface area contributed by atoms with Crippen LogP contribution in [0.15, 0.2) is 53.4 Å². The Morgan fingerprint density at radius 2 is 1.77 bits per heavy atom. The van der Waals surface area contributed by atoms with E-state index in [1.54, 1.807) is 11.8 Å². The Morgan fingerprint density at radius 1 is 1.14 bits per heavy atom. The third kappa shape index (κ3) is 5.08. The molecule has 116 valence electrons. The molecule has 4 heteroatoms. The van der Waals surface area contributed by atoms with E-state index < -0.39 is 0 Å². The number of carbonyl (C=O) groups is 1. The summed E-state index contributed by atoms with van der Waals surface area (Å²) < 4.78 is 0. The molecule has 0 aromatic heterocycles. The highest BCUT2D eigenvalue weighted by atomic mass is 35.5. The summed E-state index contributed by atoms with van der Waals surface area (Å²) in [5.41, 5.74) is 2.34. The van der Waals surface area contributed by atoms with Crippen molar-refractivity contribution in [3.8, 4) is 0 Å². The predicted octanol–water partition coefficient (Wildman–Crippen LogP) is 4.84. The van der Waals surface area contributed by atoms with Crippen molar-refractivity contribution in [2.75, 3.05) is 0 Å². The molecule has 0 radical (unpaired) electrons. The smallest absolute Gasteiger partial charge is 0.233 e. The number of benzene rings is 2. The van der Waals surface area contributed by atoms with Crippen LogP contribution in [0.5, 0.6) is 0 Å². The van der Waals surface area contributed by atoms with Gasteiger partial charge in [-0.2, -0.15) is 0 Å². The van der Waals surface area contributed by atoms with Crippen molar-refractivity contribution in [3.05, 3.63) is 64.7 Å². The van der Waals surface area contributed by atoms with Crippen LogP contribution in [0.3, 0.4) is 0 Å². The highest BCUT2D eigenvalue weighted by Gasteiger charge is 2.17. The van der Waals surface area contributed by atoms with Gasteiger partial charge in [0.15, 0.2) is 0 Å². The second-order valence-electron chi connectivity index (χ2n) is 5.17. The molecule has 0 spiro atoms. The van der Waals surface area contributed by atoms with E-state index in [0.29, 0.717) is 11.6 Å². The molecule has 22 heavy (non-hydrogen) atoms. The van der Waals surface area contributed by atoms with Gasteiger partial charge in [-0.1, -0.05) is 48.4 Å². The van der Waals surface area contributed by atoms with Gasteiger partial charge in [0.2, 0.25) is 5.91 Å². The molecule has 0 heterocycles. The zero-order chi connectivity index (χ0) is 15.9. The second kappa shape index (κ2) is 8.25. The number of rotatable bonds is 6.